The van der Waals surface area contributed by atoms with Crippen molar-refractivity contribution in [3.63, 3.8) is 0 Å². The second kappa shape index (κ2) is 5.80. The van der Waals surface area contributed by atoms with Gasteiger partial charge in [-0.15, -0.1) is 10.2 Å². The van der Waals surface area contributed by atoms with Gasteiger partial charge in [-0.25, -0.2) is 13.6 Å². The number of rotatable bonds is 3. The molecule has 3 heterocycles. The number of aromatic amines is 1. The van der Waals surface area contributed by atoms with Crippen LogP contribution in [-0.4, -0.2) is 28.7 Å². The summed E-state index contributed by atoms with van der Waals surface area (Å²) in [5.41, 5.74) is -0.510. The summed E-state index contributed by atoms with van der Waals surface area (Å²) in [4.78, 5) is 26.8. The second-order valence-electron chi connectivity index (χ2n) is 5.90. The molecule has 0 atom stereocenters. The van der Waals surface area contributed by atoms with Crippen molar-refractivity contribution in [3.05, 3.63) is 49.9 Å². The number of hydrogen-bond donors (Lipinski definition) is 1. The number of nitrogens with one attached hydrogen (secondary N) is 1. The summed E-state index contributed by atoms with van der Waals surface area (Å²) >= 11 is 6.18. The molecule has 0 aliphatic rings. The Morgan fingerprint density at radius 2 is 2.04 bits per heavy atom. The van der Waals surface area contributed by atoms with Crippen LogP contribution in [0.1, 0.15) is 13.3 Å². The first-order valence-electron chi connectivity index (χ1n) is 7.96. The zero-order valence-corrected chi connectivity index (χ0v) is 14.7. The molecule has 1 N–H and O–H groups in total. The van der Waals surface area contributed by atoms with Crippen molar-refractivity contribution < 1.29 is 4.39 Å². The van der Waals surface area contributed by atoms with Crippen LogP contribution in [0.5, 0.6) is 0 Å². The first-order chi connectivity index (χ1) is 12.5. The smallest absolute Gasteiger partial charge is 0.302 e. The number of aromatic nitrogens is 6. The maximum absolute atomic E-state index is 14.4. The van der Waals surface area contributed by atoms with Crippen LogP contribution in [0.15, 0.2) is 27.8 Å². The Hall–Kier alpha value is -2.94. The molecule has 4 rings (SSSR count). The quantitative estimate of drug-likeness (QED) is 0.591. The molecule has 0 radical (unpaired) electrons. The van der Waals surface area contributed by atoms with Gasteiger partial charge in [-0.05, 0) is 18.6 Å². The van der Waals surface area contributed by atoms with Gasteiger partial charge in [0, 0.05) is 13.6 Å². The molecule has 0 aliphatic carbocycles. The van der Waals surface area contributed by atoms with Crippen molar-refractivity contribution in [1.29, 1.82) is 0 Å². The third-order valence-corrected chi connectivity index (χ3v) is 4.59. The average molecular weight is 377 g/mol. The molecule has 0 fully saturated rings. The van der Waals surface area contributed by atoms with Crippen molar-refractivity contribution in [2.75, 3.05) is 0 Å². The van der Waals surface area contributed by atoms with E-state index in [0.717, 1.165) is 6.42 Å². The van der Waals surface area contributed by atoms with Crippen LogP contribution >= 0.6 is 11.6 Å². The number of imidazole rings is 1. The fraction of sp³-hybridized carbons (Fsp3) is 0.250. The van der Waals surface area contributed by atoms with Gasteiger partial charge in [-0.3, -0.25) is 14.3 Å². The van der Waals surface area contributed by atoms with E-state index in [1.165, 1.54) is 34.2 Å². The van der Waals surface area contributed by atoms with Crippen molar-refractivity contribution in [2.24, 2.45) is 7.05 Å². The third kappa shape index (κ3) is 2.13. The van der Waals surface area contributed by atoms with E-state index >= 15 is 0 Å². The summed E-state index contributed by atoms with van der Waals surface area (Å²) in [6, 6.07) is 4.29. The van der Waals surface area contributed by atoms with Crippen molar-refractivity contribution in [3.8, 4) is 11.4 Å². The summed E-state index contributed by atoms with van der Waals surface area (Å²) in [7, 11) is 1.52. The Labute approximate surface area is 150 Å². The lowest BCUT2D eigenvalue weighted by Gasteiger charge is -2.05. The van der Waals surface area contributed by atoms with Crippen LogP contribution in [0.3, 0.4) is 0 Å². The average Bonchev–Trinajstić information content (AvgIpc) is 3.13. The molecule has 4 aromatic rings. The van der Waals surface area contributed by atoms with E-state index < -0.39 is 17.1 Å². The van der Waals surface area contributed by atoms with Gasteiger partial charge in [0.2, 0.25) is 5.78 Å². The van der Waals surface area contributed by atoms with Crippen molar-refractivity contribution in [2.45, 2.75) is 19.9 Å². The molecule has 0 saturated heterocycles. The molecule has 0 spiro atoms. The Morgan fingerprint density at radius 1 is 1.27 bits per heavy atom. The number of aryl methyl sites for hydroxylation is 2. The monoisotopic (exact) mass is 376 g/mol. The highest BCUT2D eigenvalue weighted by molar-refractivity contribution is 6.33. The summed E-state index contributed by atoms with van der Waals surface area (Å²) in [6.45, 7) is 2.43. The van der Waals surface area contributed by atoms with E-state index in [1.54, 1.807) is 4.57 Å². The molecule has 0 saturated carbocycles. The number of halogens is 2. The Morgan fingerprint density at radius 3 is 2.73 bits per heavy atom. The van der Waals surface area contributed by atoms with Crippen molar-refractivity contribution >= 4 is 28.5 Å². The Kier molecular flexibility index (Phi) is 3.69. The summed E-state index contributed by atoms with van der Waals surface area (Å²) in [6.07, 6.45) is 0.727. The second-order valence-corrected chi connectivity index (χ2v) is 6.31. The lowest BCUT2D eigenvalue weighted by atomic mass is 10.2. The minimum Gasteiger partial charge on any atom is -0.302 e. The molecule has 26 heavy (non-hydrogen) atoms. The minimum absolute atomic E-state index is 0.0601. The molecule has 10 heteroatoms. The summed E-state index contributed by atoms with van der Waals surface area (Å²) in [5, 5.41) is 8.37. The molecule has 8 nitrogen and oxygen atoms in total. The molecular weight excluding hydrogens is 363 g/mol. The molecule has 3 aromatic heterocycles. The van der Waals surface area contributed by atoms with Crippen LogP contribution in [0.25, 0.3) is 28.3 Å². The Bertz CT molecular complexity index is 1260. The van der Waals surface area contributed by atoms with E-state index in [4.69, 9.17) is 11.6 Å². The van der Waals surface area contributed by atoms with Crippen LogP contribution in [0.2, 0.25) is 5.02 Å². The highest BCUT2D eigenvalue weighted by atomic mass is 35.5. The maximum Gasteiger partial charge on any atom is 0.329 e. The lowest BCUT2D eigenvalue weighted by molar-refractivity contribution is 0.630. The molecule has 0 amide bonds. The molecular formula is C16H14ClFN6O2. The molecule has 0 bridgehead atoms. The molecule has 0 unspecified atom stereocenters. The predicted octanol–water partition coefficient (Wildman–Crippen LogP) is 1.94. The van der Waals surface area contributed by atoms with Crippen LogP contribution in [0, 0.1) is 5.82 Å². The topological polar surface area (TPSA) is 90.0 Å². The normalized spacial score (nSPS) is 11.7. The molecule has 1 aromatic carbocycles. The fourth-order valence-corrected chi connectivity index (χ4v) is 3.40. The third-order valence-electron chi connectivity index (χ3n) is 4.27. The number of fused-ring (bicyclic) bond motifs is 3. The van der Waals surface area contributed by atoms with E-state index in [0.29, 0.717) is 12.3 Å². The van der Waals surface area contributed by atoms with Crippen LogP contribution in [-0.2, 0) is 13.6 Å². The van der Waals surface area contributed by atoms with Crippen LogP contribution < -0.4 is 11.2 Å². The SMILES string of the molecule is CCCn1c2c(=O)[nH]c(=O)n(C)c2n2c(-c3c(F)cccc3Cl)nnc12. The fourth-order valence-electron chi connectivity index (χ4n) is 3.15. The maximum atomic E-state index is 14.4. The van der Waals surface area contributed by atoms with E-state index in [9.17, 15) is 14.0 Å². The lowest BCUT2D eigenvalue weighted by Crippen LogP contribution is -2.29. The largest absolute Gasteiger partial charge is 0.329 e. The van der Waals surface area contributed by atoms with Gasteiger partial charge in [0.25, 0.3) is 5.56 Å². The van der Waals surface area contributed by atoms with E-state index in [1.807, 2.05) is 6.92 Å². The van der Waals surface area contributed by atoms with Gasteiger partial charge in [-0.2, -0.15) is 0 Å². The van der Waals surface area contributed by atoms with Gasteiger partial charge < -0.3 is 4.57 Å². The number of hydrogen-bond acceptors (Lipinski definition) is 4. The standard InChI is InChI=1S/C16H14ClFN6O2/c1-3-7-23-11-13(25)19-16(26)22(2)14(11)24-12(20-21-15(23)24)10-8(17)5-4-6-9(10)18/h4-6H,3,7H2,1-2H3,(H,19,25,26). The van der Waals surface area contributed by atoms with Gasteiger partial charge in [0.15, 0.2) is 17.0 Å². The Balaban J connectivity index is 2.27. The first kappa shape index (κ1) is 16.5. The van der Waals surface area contributed by atoms with E-state index in [2.05, 4.69) is 15.2 Å². The summed E-state index contributed by atoms with van der Waals surface area (Å²) < 4.78 is 18.9. The zero-order chi connectivity index (χ0) is 18.6. The molecule has 134 valence electrons. The van der Waals surface area contributed by atoms with Gasteiger partial charge >= 0.3 is 5.69 Å². The highest BCUT2D eigenvalue weighted by Gasteiger charge is 2.24. The van der Waals surface area contributed by atoms with Gasteiger partial charge in [0.05, 0.1) is 10.6 Å². The first-order valence-corrected chi connectivity index (χ1v) is 8.34. The van der Waals surface area contributed by atoms with E-state index in [-0.39, 0.29) is 27.6 Å². The van der Waals surface area contributed by atoms with Gasteiger partial charge in [0.1, 0.15) is 5.82 Å². The minimum atomic E-state index is -0.586. The number of nitrogens with zero attached hydrogens (tertiary/aromatic N) is 5. The number of benzene rings is 1. The molecule has 0 aliphatic heterocycles. The van der Waals surface area contributed by atoms with Crippen LogP contribution in [0.4, 0.5) is 4.39 Å². The van der Waals surface area contributed by atoms with Gasteiger partial charge in [-0.1, -0.05) is 24.6 Å². The zero-order valence-electron chi connectivity index (χ0n) is 14.0. The number of H-pyrrole nitrogens is 1. The summed E-state index contributed by atoms with van der Waals surface area (Å²) in [5.74, 6) is -0.107. The van der Waals surface area contributed by atoms with Crippen molar-refractivity contribution in [1.82, 2.24) is 28.7 Å². The highest BCUT2D eigenvalue weighted by Crippen LogP contribution is 2.31. The predicted molar refractivity (Wildman–Crippen MR) is 95.0 cm³/mol.